The Morgan fingerprint density at radius 1 is 0.875 bits per heavy atom. The first kappa shape index (κ1) is 25.5. The fourth-order valence-corrected chi connectivity index (χ4v) is 3.20. The van der Waals surface area contributed by atoms with E-state index >= 15 is 4.39 Å². The average Bonchev–Trinajstić information content (AvgIpc) is 2.70. The number of non-ortho nitro benzene ring substituents is 1. The van der Waals surface area contributed by atoms with Crippen molar-refractivity contribution < 1.29 is 44.4 Å². The van der Waals surface area contributed by atoms with Gasteiger partial charge in [-0.2, -0.15) is 35.1 Å². The molecule has 12 heteroatoms. The Hall–Kier alpha value is -2.79. The summed E-state index contributed by atoms with van der Waals surface area (Å²) in [5.74, 6) is -6.84. The van der Waals surface area contributed by atoms with Crippen molar-refractivity contribution in [3.8, 4) is 11.1 Å². The van der Waals surface area contributed by atoms with E-state index in [0.717, 1.165) is 24.3 Å². The highest BCUT2D eigenvalue weighted by atomic mass is 19.4. The van der Waals surface area contributed by atoms with Crippen LogP contribution in [0.5, 0.6) is 0 Å². The molecular weight excluding hydrogens is 457 g/mol. The third-order valence-corrected chi connectivity index (χ3v) is 4.85. The van der Waals surface area contributed by atoms with Gasteiger partial charge in [0.25, 0.3) is 5.69 Å². The first-order valence-electron chi connectivity index (χ1n) is 9.06. The fraction of sp³-hybridized carbons (Fsp3) is 0.400. The van der Waals surface area contributed by atoms with E-state index in [-0.39, 0.29) is 30.0 Å². The average molecular weight is 472 g/mol. The van der Waals surface area contributed by atoms with Crippen LogP contribution < -0.4 is 0 Å². The maximum Gasteiger partial charge on any atom is 0.457 e. The molecule has 0 fully saturated rings. The normalized spacial score (nSPS) is 14.8. The van der Waals surface area contributed by atoms with Crippen LogP contribution in [0.4, 0.5) is 45.2 Å². The fourth-order valence-electron chi connectivity index (χ4n) is 3.20. The standard InChI is InChI=1S/C20H15F9NO2/c1-3-11-9-12(4-2)16(13-5-7-14(8-6-13)30(31)32)15(10-11)17(21,19(24,25)26)18(22,23)20(27,28)29/h5-8,10H,3-4H2,1-2H3. The van der Waals surface area contributed by atoms with E-state index in [4.69, 9.17) is 0 Å². The van der Waals surface area contributed by atoms with Crippen LogP contribution in [-0.2, 0) is 18.5 Å². The first-order chi connectivity index (χ1) is 14.5. The van der Waals surface area contributed by atoms with E-state index in [1.54, 1.807) is 0 Å². The molecule has 1 atom stereocenters. The molecule has 0 aliphatic heterocycles. The Kier molecular flexibility index (Phi) is 6.59. The third-order valence-electron chi connectivity index (χ3n) is 4.85. The van der Waals surface area contributed by atoms with Crippen LogP contribution >= 0.6 is 0 Å². The summed E-state index contributed by atoms with van der Waals surface area (Å²) in [5, 5.41) is 10.8. The number of alkyl halides is 9. The molecule has 1 unspecified atom stereocenters. The number of halogens is 9. The Bertz CT molecular complexity index is 998. The van der Waals surface area contributed by atoms with Crippen molar-refractivity contribution >= 4 is 5.69 Å². The second-order valence-electron chi connectivity index (χ2n) is 6.80. The molecule has 175 valence electrons. The molecule has 0 aliphatic carbocycles. The molecule has 2 aromatic carbocycles. The van der Waals surface area contributed by atoms with Crippen LogP contribution in [0.3, 0.4) is 0 Å². The van der Waals surface area contributed by atoms with Crippen LogP contribution in [0.2, 0.25) is 0 Å². The van der Waals surface area contributed by atoms with E-state index in [1.807, 2.05) is 0 Å². The van der Waals surface area contributed by atoms with Gasteiger partial charge in [-0.05, 0) is 53.3 Å². The predicted molar refractivity (Wildman–Crippen MR) is 96.0 cm³/mol. The molecular formula is C20H15F9NO2. The van der Waals surface area contributed by atoms with E-state index in [2.05, 4.69) is 6.07 Å². The molecule has 3 nitrogen and oxygen atoms in total. The van der Waals surface area contributed by atoms with Crippen LogP contribution in [0.25, 0.3) is 11.1 Å². The minimum atomic E-state index is -6.87. The Balaban J connectivity index is 3.04. The topological polar surface area (TPSA) is 43.1 Å². The van der Waals surface area contributed by atoms with Gasteiger partial charge in [0.1, 0.15) is 0 Å². The minimum absolute atomic E-state index is 0.133. The highest BCUT2D eigenvalue weighted by Gasteiger charge is 2.82. The van der Waals surface area contributed by atoms with Gasteiger partial charge in [-0.25, -0.2) is 4.39 Å². The molecule has 0 aliphatic rings. The quantitative estimate of drug-likeness (QED) is 0.256. The van der Waals surface area contributed by atoms with Gasteiger partial charge in [-0.15, -0.1) is 0 Å². The summed E-state index contributed by atoms with van der Waals surface area (Å²) in [7, 11) is 0. The molecule has 2 rings (SSSR count). The summed E-state index contributed by atoms with van der Waals surface area (Å²) in [5.41, 5.74) is -10.4. The van der Waals surface area contributed by atoms with Crippen LogP contribution in [-0.4, -0.2) is 23.2 Å². The maximum absolute atomic E-state index is 15.4. The van der Waals surface area contributed by atoms with E-state index in [1.165, 1.54) is 13.8 Å². The second kappa shape index (κ2) is 8.28. The molecule has 1 radical (unpaired) electrons. The number of nitro groups is 1. The van der Waals surface area contributed by atoms with Crippen molar-refractivity contribution in [3.05, 3.63) is 63.2 Å². The molecule has 2 aromatic rings. The summed E-state index contributed by atoms with van der Waals surface area (Å²) in [6.07, 6.45) is -13.9. The van der Waals surface area contributed by atoms with Crippen LogP contribution in [0.1, 0.15) is 30.5 Å². The van der Waals surface area contributed by atoms with Gasteiger partial charge in [0.05, 0.1) is 4.92 Å². The van der Waals surface area contributed by atoms with Gasteiger partial charge in [-0.3, -0.25) is 10.1 Å². The van der Waals surface area contributed by atoms with Crippen LogP contribution in [0, 0.1) is 16.2 Å². The van der Waals surface area contributed by atoms with Gasteiger partial charge >= 0.3 is 23.9 Å². The summed E-state index contributed by atoms with van der Waals surface area (Å²) in [4.78, 5) is 9.96. The summed E-state index contributed by atoms with van der Waals surface area (Å²) in [6.45, 7) is 2.73. The molecule has 0 heterocycles. The zero-order valence-corrected chi connectivity index (χ0v) is 16.5. The molecule has 0 N–H and O–H groups in total. The van der Waals surface area contributed by atoms with Crippen molar-refractivity contribution in [2.24, 2.45) is 0 Å². The number of hydrogen-bond donors (Lipinski definition) is 0. The van der Waals surface area contributed by atoms with Crippen molar-refractivity contribution in [1.82, 2.24) is 0 Å². The number of nitro benzene ring substituents is 1. The van der Waals surface area contributed by atoms with E-state index in [0.29, 0.717) is 0 Å². The molecule has 0 saturated carbocycles. The molecule has 0 aromatic heterocycles. The molecule has 32 heavy (non-hydrogen) atoms. The molecule has 0 amide bonds. The summed E-state index contributed by atoms with van der Waals surface area (Å²) < 4.78 is 124. The highest BCUT2D eigenvalue weighted by molar-refractivity contribution is 5.74. The lowest BCUT2D eigenvalue weighted by atomic mass is 9.79. The number of nitrogens with zero attached hydrogens (tertiary/aromatic N) is 1. The SMILES string of the molecule is CCc1[c]c(CC)c(-c2ccc([N+](=O)[O-])cc2)c(C(F)(C(F)(F)F)C(F)(F)C(F)(F)F)c1. The zero-order valence-electron chi connectivity index (χ0n) is 16.5. The largest absolute Gasteiger partial charge is 0.457 e. The predicted octanol–water partition coefficient (Wildman–Crippen LogP) is 7.11. The zero-order chi connectivity index (χ0) is 24.7. The smallest absolute Gasteiger partial charge is 0.258 e. The Labute approximate surface area is 176 Å². The van der Waals surface area contributed by atoms with Crippen molar-refractivity contribution in [3.63, 3.8) is 0 Å². The van der Waals surface area contributed by atoms with Crippen LogP contribution in [0.15, 0.2) is 30.3 Å². The highest BCUT2D eigenvalue weighted by Crippen LogP contribution is 2.60. The molecule has 0 spiro atoms. The van der Waals surface area contributed by atoms with Gasteiger partial charge in [0.15, 0.2) is 0 Å². The Morgan fingerprint density at radius 3 is 1.78 bits per heavy atom. The van der Waals surface area contributed by atoms with Gasteiger partial charge < -0.3 is 0 Å². The van der Waals surface area contributed by atoms with Crippen molar-refractivity contribution in [2.75, 3.05) is 0 Å². The minimum Gasteiger partial charge on any atom is -0.258 e. The summed E-state index contributed by atoms with van der Waals surface area (Å²) in [6, 6.07) is 6.19. The Morgan fingerprint density at radius 2 is 1.41 bits per heavy atom. The van der Waals surface area contributed by atoms with Crippen molar-refractivity contribution in [2.45, 2.75) is 50.6 Å². The third kappa shape index (κ3) is 4.02. The summed E-state index contributed by atoms with van der Waals surface area (Å²) >= 11 is 0. The number of benzene rings is 2. The van der Waals surface area contributed by atoms with E-state index in [9.17, 15) is 45.2 Å². The maximum atomic E-state index is 15.4. The lowest BCUT2D eigenvalue weighted by Crippen LogP contribution is -2.60. The van der Waals surface area contributed by atoms with E-state index < -0.39 is 51.2 Å². The second-order valence-corrected chi connectivity index (χ2v) is 6.80. The molecule has 0 saturated heterocycles. The molecule has 0 bridgehead atoms. The van der Waals surface area contributed by atoms with Gasteiger partial charge in [0.2, 0.25) is 0 Å². The first-order valence-corrected chi connectivity index (χ1v) is 9.06. The van der Waals surface area contributed by atoms with Gasteiger partial charge in [0, 0.05) is 17.7 Å². The van der Waals surface area contributed by atoms with Gasteiger partial charge in [-0.1, -0.05) is 19.9 Å². The number of rotatable bonds is 6. The van der Waals surface area contributed by atoms with Crippen molar-refractivity contribution in [1.29, 1.82) is 0 Å². The lowest BCUT2D eigenvalue weighted by molar-refractivity contribution is -0.389. The lowest BCUT2D eigenvalue weighted by Gasteiger charge is -2.38. The monoisotopic (exact) mass is 472 g/mol. The number of aryl methyl sites for hydroxylation is 2. The number of hydrogen-bond acceptors (Lipinski definition) is 2.